The molecular weight excluding hydrogens is 94.8 g/mol. The van der Waals surface area contributed by atoms with Gasteiger partial charge in [0.05, 0.1) is 0 Å². The normalized spacial score (nSPS) is 12.9. The van der Waals surface area contributed by atoms with Crippen molar-refractivity contribution in [3.63, 3.8) is 0 Å². The fourth-order valence-electron chi connectivity index (χ4n) is 0.171. The van der Waals surface area contributed by atoms with Gasteiger partial charge < -0.3 is 9.76 Å². The van der Waals surface area contributed by atoms with Crippen LogP contribution in [-0.4, -0.2) is 25.2 Å². The van der Waals surface area contributed by atoms with Crippen molar-refractivity contribution in [2.75, 3.05) is 0 Å². The van der Waals surface area contributed by atoms with Crippen molar-refractivity contribution in [1.29, 1.82) is 0 Å². The highest BCUT2D eigenvalue weighted by Crippen LogP contribution is 1.80. The Morgan fingerprint density at radius 1 is 2.00 bits per heavy atom. The van der Waals surface area contributed by atoms with Gasteiger partial charge in [-0.05, 0) is 6.92 Å². The van der Waals surface area contributed by atoms with Crippen LogP contribution >= 0.6 is 0 Å². The zero-order chi connectivity index (χ0) is 5.86. The van der Waals surface area contributed by atoms with Crippen LogP contribution in [-0.2, 0) is 9.45 Å². The first-order chi connectivity index (χ1) is 3.18. The molecule has 0 fully saturated rings. The van der Waals surface area contributed by atoms with E-state index in [4.69, 9.17) is 5.11 Å². The fraction of sp³-hybridized carbons (Fsp3) is 0.667. The Bertz CT molecular complexity index is 70.6. The Balaban J connectivity index is 3.35. The van der Waals surface area contributed by atoms with Gasteiger partial charge in [0.2, 0.25) is 0 Å². The van der Waals surface area contributed by atoms with Crippen LogP contribution in [0.1, 0.15) is 6.92 Å². The smallest absolute Gasteiger partial charge is 0.326 e. The summed E-state index contributed by atoms with van der Waals surface area (Å²) in [5.74, 6) is -0.597. The molecule has 0 amide bonds. The molecule has 40 valence electrons. The largest absolute Gasteiger partial charge is 0.542 e. The SMILES string of the molecule is BOC(=O)[C@@H](C)O. The lowest BCUT2D eigenvalue weighted by Gasteiger charge is -1.98. The molecule has 3 nitrogen and oxygen atoms in total. The fourth-order valence-corrected chi connectivity index (χ4v) is 0.171. The van der Waals surface area contributed by atoms with Gasteiger partial charge in [-0.1, -0.05) is 0 Å². The van der Waals surface area contributed by atoms with Gasteiger partial charge in [-0.3, -0.25) is 4.79 Å². The van der Waals surface area contributed by atoms with Crippen molar-refractivity contribution in [2.24, 2.45) is 0 Å². The number of carbonyl (C=O) groups is 1. The molecule has 0 radical (unpaired) electrons. The molecule has 0 aromatic rings. The molecule has 0 aromatic heterocycles. The molecule has 0 bridgehead atoms. The Kier molecular flexibility index (Phi) is 2.44. The van der Waals surface area contributed by atoms with Crippen molar-refractivity contribution in [2.45, 2.75) is 13.0 Å². The van der Waals surface area contributed by atoms with Gasteiger partial charge in [0.25, 0.3) is 0 Å². The zero-order valence-electron chi connectivity index (χ0n) is 4.34. The molecule has 0 aliphatic carbocycles. The van der Waals surface area contributed by atoms with E-state index >= 15 is 0 Å². The summed E-state index contributed by atoms with van der Waals surface area (Å²) < 4.78 is 4.12. The summed E-state index contributed by atoms with van der Waals surface area (Å²) in [6.45, 7) is 1.35. The van der Waals surface area contributed by atoms with Crippen molar-refractivity contribution >= 4 is 14.0 Å². The minimum Gasteiger partial charge on any atom is -0.542 e. The van der Waals surface area contributed by atoms with E-state index in [0.29, 0.717) is 0 Å². The number of hydrogen-bond acceptors (Lipinski definition) is 3. The third-order valence-corrected chi connectivity index (χ3v) is 0.542. The lowest BCUT2D eigenvalue weighted by Crippen LogP contribution is -2.17. The van der Waals surface area contributed by atoms with Gasteiger partial charge in [-0.2, -0.15) is 0 Å². The highest BCUT2D eigenvalue weighted by Gasteiger charge is 2.04. The molecule has 0 aliphatic rings. The van der Waals surface area contributed by atoms with Gasteiger partial charge in [0.1, 0.15) is 6.10 Å². The average molecular weight is 102 g/mol. The van der Waals surface area contributed by atoms with E-state index in [-0.39, 0.29) is 0 Å². The second-order valence-corrected chi connectivity index (χ2v) is 1.20. The van der Waals surface area contributed by atoms with Crippen molar-refractivity contribution in [3.8, 4) is 0 Å². The van der Waals surface area contributed by atoms with Gasteiger partial charge in [-0.25, -0.2) is 0 Å². The van der Waals surface area contributed by atoms with Crippen LogP contribution in [0.25, 0.3) is 0 Å². The summed E-state index contributed by atoms with van der Waals surface area (Å²) in [5, 5.41) is 8.35. The number of hydrogen-bond donors (Lipinski definition) is 1. The summed E-state index contributed by atoms with van der Waals surface area (Å²) >= 11 is 0. The van der Waals surface area contributed by atoms with Gasteiger partial charge in [0, 0.05) is 0 Å². The first-order valence-corrected chi connectivity index (χ1v) is 1.94. The molecule has 4 heteroatoms. The minimum atomic E-state index is -0.995. The number of rotatable bonds is 1. The zero-order valence-corrected chi connectivity index (χ0v) is 4.34. The second kappa shape index (κ2) is 2.63. The van der Waals surface area contributed by atoms with Crippen molar-refractivity contribution in [3.05, 3.63) is 0 Å². The topological polar surface area (TPSA) is 46.5 Å². The molecule has 0 saturated heterocycles. The molecule has 7 heavy (non-hydrogen) atoms. The number of aliphatic hydroxyl groups excluding tert-OH is 1. The van der Waals surface area contributed by atoms with Crippen LogP contribution in [0.4, 0.5) is 0 Å². The summed E-state index contributed by atoms with van der Waals surface area (Å²) in [4.78, 5) is 10.0. The van der Waals surface area contributed by atoms with Crippen LogP contribution < -0.4 is 0 Å². The molecule has 0 aromatic carbocycles. The van der Waals surface area contributed by atoms with E-state index in [1.54, 1.807) is 0 Å². The maximum absolute atomic E-state index is 10.0. The second-order valence-electron chi connectivity index (χ2n) is 1.20. The van der Waals surface area contributed by atoms with Crippen LogP contribution in [0, 0.1) is 0 Å². The monoisotopic (exact) mass is 102 g/mol. The lowest BCUT2D eigenvalue weighted by atomic mass is 10.4. The van der Waals surface area contributed by atoms with Crippen molar-refractivity contribution in [1.82, 2.24) is 0 Å². The van der Waals surface area contributed by atoms with E-state index in [0.717, 1.165) is 0 Å². The first-order valence-electron chi connectivity index (χ1n) is 1.94. The third kappa shape index (κ3) is 2.22. The summed E-state index contributed by atoms with van der Waals surface area (Å²) in [6, 6.07) is 0. The predicted octanol–water partition coefficient (Wildman–Crippen LogP) is -1.54. The van der Waals surface area contributed by atoms with Crippen LogP contribution in [0.15, 0.2) is 0 Å². The molecule has 0 unspecified atom stereocenters. The first kappa shape index (κ1) is 6.49. The Morgan fingerprint density at radius 2 is 2.43 bits per heavy atom. The van der Waals surface area contributed by atoms with E-state index in [1.807, 2.05) is 0 Å². The van der Waals surface area contributed by atoms with E-state index in [2.05, 4.69) is 4.65 Å². The minimum absolute atomic E-state index is 0.597. The quantitative estimate of drug-likeness (QED) is 0.408. The third-order valence-electron chi connectivity index (χ3n) is 0.542. The van der Waals surface area contributed by atoms with Crippen LogP contribution in [0.2, 0.25) is 0 Å². The summed E-state index contributed by atoms with van der Waals surface area (Å²) in [5.41, 5.74) is 0. The maximum atomic E-state index is 10.0. The van der Waals surface area contributed by atoms with Gasteiger partial charge in [-0.15, -0.1) is 0 Å². The lowest BCUT2D eigenvalue weighted by molar-refractivity contribution is -0.142. The highest BCUT2D eigenvalue weighted by molar-refractivity contribution is 6.06. The number of carbonyl (C=O) groups excluding carboxylic acids is 1. The van der Waals surface area contributed by atoms with Gasteiger partial charge >= 0.3 is 14.0 Å². The van der Waals surface area contributed by atoms with Crippen LogP contribution in [0.5, 0.6) is 0 Å². The number of aliphatic hydroxyl groups is 1. The summed E-state index contributed by atoms with van der Waals surface area (Å²) in [6.07, 6.45) is -0.995. The molecule has 0 aliphatic heterocycles. The molecule has 0 rings (SSSR count). The average Bonchev–Trinajstić information content (AvgIpc) is 1.65. The van der Waals surface area contributed by atoms with Crippen molar-refractivity contribution < 1.29 is 14.6 Å². The molecule has 0 spiro atoms. The Labute approximate surface area is 42.7 Å². The predicted molar refractivity (Wildman–Crippen MR) is 26.3 cm³/mol. The van der Waals surface area contributed by atoms with E-state index < -0.39 is 12.1 Å². The summed E-state index contributed by atoms with van der Waals surface area (Å²) in [7, 11) is 1.23. The van der Waals surface area contributed by atoms with Crippen LogP contribution in [0.3, 0.4) is 0 Å². The molecule has 1 atom stereocenters. The molecular formula is C3H7BO3. The molecule has 0 heterocycles. The van der Waals surface area contributed by atoms with E-state index in [9.17, 15) is 4.79 Å². The van der Waals surface area contributed by atoms with Gasteiger partial charge in [0.15, 0.2) is 0 Å². The standard InChI is InChI=1S/C3H7BO3/c1-2(5)3(6)7-4/h2,5H,4H2,1H3/t2-/m1/s1. The highest BCUT2D eigenvalue weighted by atomic mass is 16.5. The molecule has 1 N–H and O–H groups in total. The Hall–Kier alpha value is -0.505. The maximum Gasteiger partial charge on any atom is 0.326 e. The molecule has 0 saturated carbocycles. The van der Waals surface area contributed by atoms with E-state index in [1.165, 1.54) is 15.0 Å². The Morgan fingerprint density at radius 3 is 2.43 bits per heavy atom.